The third-order valence-electron chi connectivity index (χ3n) is 4.76. The molecule has 2 fully saturated rings. The Labute approximate surface area is 139 Å². The number of hydrogen-bond donors (Lipinski definition) is 0. The van der Waals surface area contributed by atoms with Crippen molar-refractivity contribution < 1.29 is 9.59 Å². The molecular formula is C17H21BrN2O2. The van der Waals surface area contributed by atoms with E-state index in [1.165, 1.54) is 0 Å². The molecule has 5 heteroatoms. The number of hydrogen-bond acceptors (Lipinski definition) is 2. The van der Waals surface area contributed by atoms with Crippen LogP contribution >= 0.6 is 15.9 Å². The Morgan fingerprint density at radius 1 is 1.14 bits per heavy atom. The predicted molar refractivity (Wildman–Crippen MR) is 88.5 cm³/mol. The van der Waals surface area contributed by atoms with E-state index >= 15 is 0 Å². The van der Waals surface area contributed by atoms with Crippen LogP contribution < -0.4 is 0 Å². The summed E-state index contributed by atoms with van der Waals surface area (Å²) in [6.45, 7) is 4.51. The zero-order valence-corrected chi connectivity index (χ0v) is 14.4. The van der Waals surface area contributed by atoms with Crippen molar-refractivity contribution in [3.8, 4) is 0 Å². The van der Waals surface area contributed by atoms with E-state index in [9.17, 15) is 9.59 Å². The second-order valence-corrected chi connectivity index (χ2v) is 7.03. The maximum atomic E-state index is 12.9. The monoisotopic (exact) mass is 364 g/mol. The molecule has 1 heterocycles. The van der Waals surface area contributed by atoms with Gasteiger partial charge in [0, 0.05) is 37.1 Å². The Morgan fingerprint density at radius 2 is 1.77 bits per heavy atom. The predicted octanol–water partition coefficient (Wildman–Crippen LogP) is 2.56. The van der Waals surface area contributed by atoms with Crippen molar-refractivity contribution in [3.05, 3.63) is 34.3 Å². The molecule has 1 saturated carbocycles. The SMILES string of the molecule is CCC(=O)N1CCN(C(=O)C2(c3cccc(Br)c3)CC2)CC1. The minimum atomic E-state index is -0.319. The van der Waals surface area contributed by atoms with Crippen molar-refractivity contribution in [2.75, 3.05) is 26.2 Å². The maximum Gasteiger partial charge on any atom is 0.233 e. The van der Waals surface area contributed by atoms with Crippen LogP contribution in [0.15, 0.2) is 28.7 Å². The number of halogens is 1. The fourth-order valence-corrected chi connectivity index (χ4v) is 3.62. The third kappa shape index (κ3) is 2.78. The van der Waals surface area contributed by atoms with E-state index in [-0.39, 0.29) is 17.2 Å². The number of carbonyl (C=O) groups excluding carboxylic acids is 2. The highest BCUT2D eigenvalue weighted by molar-refractivity contribution is 9.10. The maximum absolute atomic E-state index is 12.9. The van der Waals surface area contributed by atoms with Gasteiger partial charge in [0.1, 0.15) is 0 Å². The molecule has 0 unspecified atom stereocenters. The van der Waals surface area contributed by atoms with Crippen LogP contribution in [0.5, 0.6) is 0 Å². The molecule has 0 spiro atoms. The Morgan fingerprint density at radius 3 is 2.32 bits per heavy atom. The molecule has 0 bridgehead atoms. The van der Waals surface area contributed by atoms with Crippen LogP contribution in [0.4, 0.5) is 0 Å². The molecule has 4 nitrogen and oxygen atoms in total. The highest BCUT2D eigenvalue weighted by atomic mass is 79.9. The molecule has 0 N–H and O–H groups in total. The number of rotatable bonds is 3. The van der Waals surface area contributed by atoms with Gasteiger partial charge in [-0.25, -0.2) is 0 Å². The number of carbonyl (C=O) groups is 2. The number of piperazine rings is 1. The summed E-state index contributed by atoms with van der Waals surface area (Å²) in [4.78, 5) is 28.5. The lowest BCUT2D eigenvalue weighted by atomic mass is 9.94. The summed E-state index contributed by atoms with van der Waals surface area (Å²) < 4.78 is 1.02. The van der Waals surface area contributed by atoms with Crippen molar-refractivity contribution >= 4 is 27.7 Å². The van der Waals surface area contributed by atoms with Gasteiger partial charge in [0.2, 0.25) is 11.8 Å². The van der Waals surface area contributed by atoms with Gasteiger partial charge in [-0.2, -0.15) is 0 Å². The molecule has 1 saturated heterocycles. The second-order valence-electron chi connectivity index (χ2n) is 6.12. The summed E-state index contributed by atoms with van der Waals surface area (Å²) in [6.07, 6.45) is 2.39. The molecule has 1 aromatic carbocycles. The first kappa shape index (κ1) is 15.5. The average molecular weight is 365 g/mol. The van der Waals surface area contributed by atoms with Gasteiger partial charge in [-0.3, -0.25) is 9.59 Å². The fourth-order valence-electron chi connectivity index (χ4n) is 3.22. The van der Waals surface area contributed by atoms with Gasteiger partial charge in [-0.05, 0) is 30.5 Å². The Bertz CT molecular complexity index is 590. The average Bonchev–Trinajstić information content (AvgIpc) is 3.35. The minimum Gasteiger partial charge on any atom is -0.339 e. The van der Waals surface area contributed by atoms with Crippen molar-refractivity contribution in [3.63, 3.8) is 0 Å². The van der Waals surface area contributed by atoms with Gasteiger partial charge < -0.3 is 9.80 Å². The Balaban J connectivity index is 1.69. The van der Waals surface area contributed by atoms with Gasteiger partial charge >= 0.3 is 0 Å². The van der Waals surface area contributed by atoms with E-state index in [0.29, 0.717) is 32.6 Å². The zero-order chi connectivity index (χ0) is 15.7. The molecule has 1 aliphatic carbocycles. The van der Waals surface area contributed by atoms with E-state index in [1.807, 2.05) is 34.9 Å². The lowest BCUT2D eigenvalue weighted by Gasteiger charge is -2.36. The van der Waals surface area contributed by atoms with Gasteiger partial charge in [0.25, 0.3) is 0 Å². The van der Waals surface area contributed by atoms with Crippen molar-refractivity contribution in [1.29, 1.82) is 0 Å². The van der Waals surface area contributed by atoms with Gasteiger partial charge in [0.15, 0.2) is 0 Å². The Hall–Kier alpha value is -1.36. The summed E-state index contributed by atoms with van der Waals surface area (Å²) in [7, 11) is 0. The van der Waals surface area contributed by atoms with E-state index in [1.54, 1.807) is 0 Å². The second kappa shape index (κ2) is 6.03. The van der Waals surface area contributed by atoms with E-state index in [4.69, 9.17) is 0 Å². The molecule has 0 aromatic heterocycles. The van der Waals surface area contributed by atoms with Crippen molar-refractivity contribution in [2.24, 2.45) is 0 Å². The highest BCUT2D eigenvalue weighted by Crippen LogP contribution is 2.50. The van der Waals surface area contributed by atoms with E-state index in [2.05, 4.69) is 22.0 Å². The normalized spacial score (nSPS) is 19.9. The molecular weight excluding hydrogens is 344 g/mol. The molecule has 0 atom stereocenters. The van der Waals surface area contributed by atoms with E-state index in [0.717, 1.165) is 22.9 Å². The molecule has 0 radical (unpaired) electrons. The lowest BCUT2D eigenvalue weighted by Crippen LogP contribution is -2.52. The van der Waals surface area contributed by atoms with Crippen LogP contribution in [-0.2, 0) is 15.0 Å². The van der Waals surface area contributed by atoms with Crippen molar-refractivity contribution in [2.45, 2.75) is 31.6 Å². The smallest absolute Gasteiger partial charge is 0.233 e. The summed E-state index contributed by atoms with van der Waals surface area (Å²) >= 11 is 3.49. The van der Waals surface area contributed by atoms with Crippen molar-refractivity contribution in [1.82, 2.24) is 9.80 Å². The molecule has 2 amide bonds. The number of benzene rings is 1. The minimum absolute atomic E-state index is 0.181. The summed E-state index contributed by atoms with van der Waals surface area (Å²) in [5.41, 5.74) is 0.791. The Kier molecular flexibility index (Phi) is 4.26. The summed E-state index contributed by atoms with van der Waals surface area (Å²) in [5.74, 6) is 0.412. The zero-order valence-electron chi connectivity index (χ0n) is 12.8. The van der Waals surface area contributed by atoms with Crippen LogP contribution in [0.25, 0.3) is 0 Å². The van der Waals surface area contributed by atoms with Crippen LogP contribution in [0.3, 0.4) is 0 Å². The fraction of sp³-hybridized carbons (Fsp3) is 0.529. The molecule has 118 valence electrons. The quantitative estimate of drug-likeness (QED) is 0.826. The lowest BCUT2D eigenvalue weighted by molar-refractivity contribution is -0.141. The molecule has 1 aromatic rings. The van der Waals surface area contributed by atoms with Crippen LogP contribution in [0, 0.1) is 0 Å². The summed E-state index contributed by atoms with van der Waals surface area (Å²) in [6, 6.07) is 8.08. The van der Waals surface area contributed by atoms with Crippen LogP contribution in [0.1, 0.15) is 31.7 Å². The number of amides is 2. The van der Waals surface area contributed by atoms with E-state index < -0.39 is 0 Å². The third-order valence-corrected chi connectivity index (χ3v) is 5.25. The van der Waals surface area contributed by atoms with Gasteiger partial charge in [0.05, 0.1) is 5.41 Å². The van der Waals surface area contributed by atoms with Crippen LogP contribution in [-0.4, -0.2) is 47.8 Å². The molecule has 3 rings (SSSR count). The first-order chi connectivity index (χ1) is 10.6. The highest BCUT2D eigenvalue weighted by Gasteiger charge is 2.53. The first-order valence-corrected chi connectivity index (χ1v) is 8.69. The van der Waals surface area contributed by atoms with Gasteiger partial charge in [-0.15, -0.1) is 0 Å². The topological polar surface area (TPSA) is 40.6 Å². The summed E-state index contributed by atoms with van der Waals surface area (Å²) in [5, 5.41) is 0. The largest absolute Gasteiger partial charge is 0.339 e. The molecule has 2 aliphatic rings. The van der Waals surface area contributed by atoms with Crippen LogP contribution in [0.2, 0.25) is 0 Å². The van der Waals surface area contributed by atoms with Gasteiger partial charge in [-0.1, -0.05) is 35.0 Å². The molecule has 1 aliphatic heterocycles. The standard InChI is InChI=1S/C17H21BrN2O2/c1-2-15(21)19-8-10-20(11-9-19)16(22)17(6-7-17)13-4-3-5-14(18)12-13/h3-5,12H,2,6-11H2,1H3. The molecule has 22 heavy (non-hydrogen) atoms. The number of nitrogens with zero attached hydrogens (tertiary/aromatic N) is 2. The first-order valence-electron chi connectivity index (χ1n) is 7.90.